The lowest BCUT2D eigenvalue weighted by Gasteiger charge is -2.25. The lowest BCUT2D eigenvalue weighted by atomic mass is 10.2. The molecule has 0 aliphatic heterocycles. The first kappa shape index (κ1) is 15.7. The van der Waals surface area contributed by atoms with E-state index in [0.717, 1.165) is 0 Å². The normalized spacial score (nSPS) is 9.70. The Labute approximate surface area is 119 Å². The predicted molar refractivity (Wildman–Crippen MR) is 77.1 cm³/mol. The van der Waals surface area contributed by atoms with Crippen LogP contribution >= 0.6 is 0 Å². The van der Waals surface area contributed by atoms with Gasteiger partial charge in [-0.25, -0.2) is 0 Å². The molecule has 0 fully saturated rings. The Kier molecular flexibility index (Phi) is 5.73. The SMILES string of the molecule is CCN(CC)C(=O)CN(C(C)=O)c1ccc(C#N)cc1. The van der Waals surface area contributed by atoms with Crippen molar-refractivity contribution in [3.63, 3.8) is 0 Å². The van der Waals surface area contributed by atoms with Crippen LogP contribution < -0.4 is 4.90 Å². The van der Waals surface area contributed by atoms with Crippen LogP contribution in [-0.4, -0.2) is 36.3 Å². The molecule has 0 aliphatic rings. The van der Waals surface area contributed by atoms with Gasteiger partial charge in [0.15, 0.2) is 0 Å². The first-order valence-electron chi connectivity index (χ1n) is 6.59. The van der Waals surface area contributed by atoms with Gasteiger partial charge in [-0.2, -0.15) is 5.26 Å². The smallest absolute Gasteiger partial charge is 0.242 e. The third-order valence-corrected chi connectivity index (χ3v) is 3.10. The molecule has 0 spiro atoms. The van der Waals surface area contributed by atoms with Gasteiger partial charge in [0.2, 0.25) is 11.8 Å². The number of likely N-dealkylation sites (N-methyl/N-ethyl adjacent to an activating group) is 1. The van der Waals surface area contributed by atoms with Gasteiger partial charge in [-0.15, -0.1) is 0 Å². The number of carbonyl (C=O) groups is 2. The zero-order valence-corrected chi connectivity index (χ0v) is 12.1. The van der Waals surface area contributed by atoms with Crippen molar-refractivity contribution in [1.82, 2.24) is 4.90 Å². The zero-order valence-electron chi connectivity index (χ0n) is 12.1. The number of nitriles is 1. The summed E-state index contributed by atoms with van der Waals surface area (Å²) in [5.41, 5.74) is 1.14. The molecule has 0 aliphatic carbocycles. The fourth-order valence-electron chi connectivity index (χ4n) is 1.91. The van der Waals surface area contributed by atoms with Gasteiger partial charge < -0.3 is 9.80 Å². The van der Waals surface area contributed by atoms with E-state index < -0.39 is 0 Å². The van der Waals surface area contributed by atoms with Gasteiger partial charge in [0.1, 0.15) is 6.54 Å². The molecule has 0 bridgehead atoms. The number of carbonyl (C=O) groups excluding carboxylic acids is 2. The van der Waals surface area contributed by atoms with E-state index in [1.54, 1.807) is 29.2 Å². The van der Waals surface area contributed by atoms with Crippen LogP contribution in [0.4, 0.5) is 5.69 Å². The number of amides is 2. The molecule has 0 aromatic heterocycles. The van der Waals surface area contributed by atoms with Crippen LogP contribution in [0.5, 0.6) is 0 Å². The highest BCUT2D eigenvalue weighted by Crippen LogP contribution is 2.15. The molecule has 0 saturated heterocycles. The second-order valence-electron chi connectivity index (χ2n) is 4.33. The van der Waals surface area contributed by atoms with Crippen molar-refractivity contribution >= 4 is 17.5 Å². The van der Waals surface area contributed by atoms with Crippen LogP contribution in [0.15, 0.2) is 24.3 Å². The Morgan fingerprint density at radius 3 is 2.10 bits per heavy atom. The number of rotatable bonds is 5. The van der Waals surface area contributed by atoms with Gasteiger partial charge >= 0.3 is 0 Å². The molecule has 0 radical (unpaired) electrons. The van der Waals surface area contributed by atoms with E-state index in [1.165, 1.54) is 11.8 Å². The molecule has 106 valence electrons. The van der Waals surface area contributed by atoms with E-state index in [-0.39, 0.29) is 18.4 Å². The van der Waals surface area contributed by atoms with Crippen LogP contribution in [0.2, 0.25) is 0 Å². The summed E-state index contributed by atoms with van der Waals surface area (Å²) in [5.74, 6) is -0.287. The third kappa shape index (κ3) is 3.82. The van der Waals surface area contributed by atoms with E-state index in [4.69, 9.17) is 5.26 Å². The van der Waals surface area contributed by atoms with E-state index >= 15 is 0 Å². The number of hydrogen-bond donors (Lipinski definition) is 0. The molecule has 1 rings (SSSR count). The van der Waals surface area contributed by atoms with Gasteiger partial charge in [0.25, 0.3) is 0 Å². The van der Waals surface area contributed by atoms with Crippen LogP contribution in [0.1, 0.15) is 26.3 Å². The second-order valence-corrected chi connectivity index (χ2v) is 4.33. The molecule has 0 atom stereocenters. The topological polar surface area (TPSA) is 64.4 Å². The summed E-state index contributed by atoms with van der Waals surface area (Å²) in [6.07, 6.45) is 0. The van der Waals surface area contributed by atoms with E-state index in [1.807, 2.05) is 19.9 Å². The average Bonchev–Trinajstić information content (AvgIpc) is 2.46. The highest BCUT2D eigenvalue weighted by atomic mass is 16.2. The van der Waals surface area contributed by atoms with Crippen molar-refractivity contribution in [2.24, 2.45) is 0 Å². The molecule has 0 saturated carbocycles. The molecule has 0 N–H and O–H groups in total. The van der Waals surface area contributed by atoms with Gasteiger partial charge in [-0.05, 0) is 38.1 Å². The van der Waals surface area contributed by atoms with Crippen LogP contribution in [0.25, 0.3) is 0 Å². The highest BCUT2D eigenvalue weighted by Gasteiger charge is 2.18. The summed E-state index contributed by atoms with van der Waals surface area (Å²) in [6, 6.07) is 8.64. The number of anilines is 1. The van der Waals surface area contributed by atoms with Gasteiger partial charge in [0.05, 0.1) is 11.6 Å². The molecule has 0 unspecified atom stereocenters. The molecule has 5 heteroatoms. The van der Waals surface area contributed by atoms with Crippen molar-refractivity contribution < 1.29 is 9.59 Å². The minimum Gasteiger partial charge on any atom is -0.342 e. The maximum Gasteiger partial charge on any atom is 0.242 e. The maximum atomic E-state index is 12.1. The lowest BCUT2D eigenvalue weighted by molar-refractivity contribution is -0.130. The standard InChI is InChI=1S/C15H19N3O2/c1-4-17(5-2)15(20)11-18(12(3)19)14-8-6-13(10-16)7-9-14/h6-9H,4-5,11H2,1-3H3. The Hall–Kier alpha value is -2.35. The Balaban J connectivity index is 2.92. The first-order valence-corrected chi connectivity index (χ1v) is 6.59. The number of nitrogens with zero attached hydrogens (tertiary/aromatic N) is 3. The average molecular weight is 273 g/mol. The molecule has 20 heavy (non-hydrogen) atoms. The van der Waals surface area contributed by atoms with Crippen molar-refractivity contribution in [3.8, 4) is 6.07 Å². The fourth-order valence-corrected chi connectivity index (χ4v) is 1.91. The highest BCUT2D eigenvalue weighted by molar-refractivity contribution is 5.97. The summed E-state index contributed by atoms with van der Waals surface area (Å²) < 4.78 is 0. The first-order chi connectivity index (χ1) is 9.53. The van der Waals surface area contributed by atoms with Crippen LogP contribution in [0.3, 0.4) is 0 Å². The lowest BCUT2D eigenvalue weighted by Crippen LogP contribution is -2.42. The van der Waals surface area contributed by atoms with E-state index in [9.17, 15) is 9.59 Å². The number of hydrogen-bond acceptors (Lipinski definition) is 3. The van der Waals surface area contributed by atoms with Crippen molar-refractivity contribution in [2.75, 3.05) is 24.5 Å². The predicted octanol–water partition coefficient (Wildman–Crippen LogP) is 1.78. The molecular formula is C15H19N3O2. The van der Waals surface area contributed by atoms with Crippen LogP contribution in [-0.2, 0) is 9.59 Å². The molecular weight excluding hydrogens is 254 g/mol. The minimum absolute atomic E-state index is 0.0168. The molecule has 0 heterocycles. The monoisotopic (exact) mass is 273 g/mol. The maximum absolute atomic E-state index is 12.1. The summed E-state index contributed by atoms with van der Waals surface area (Å²) in [4.78, 5) is 26.9. The zero-order chi connectivity index (χ0) is 15.1. The Bertz CT molecular complexity index is 513. The van der Waals surface area contributed by atoms with Crippen molar-refractivity contribution in [1.29, 1.82) is 5.26 Å². The van der Waals surface area contributed by atoms with Gasteiger partial charge in [-0.3, -0.25) is 9.59 Å². The number of benzene rings is 1. The van der Waals surface area contributed by atoms with Gasteiger partial charge in [0, 0.05) is 25.7 Å². The summed E-state index contributed by atoms with van der Waals surface area (Å²) in [5, 5.41) is 8.77. The van der Waals surface area contributed by atoms with Crippen molar-refractivity contribution in [2.45, 2.75) is 20.8 Å². The quantitative estimate of drug-likeness (QED) is 0.821. The summed E-state index contributed by atoms with van der Waals surface area (Å²) in [6.45, 7) is 6.49. The Morgan fingerprint density at radius 2 is 1.70 bits per heavy atom. The second kappa shape index (κ2) is 7.29. The molecule has 1 aromatic carbocycles. The van der Waals surface area contributed by atoms with Crippen LogP contribution in [0, 0.1) is 11.3 Å². The van der Waals surface area contributed by atoms with Crippen molar-refractivity contribution in [3.05, 3.63) is 29.8 Å². The van der Waals surface area contributed by atoms with Gasteiger partial charge in [-0.1, -0.05) is 0 Å². The molecule has 5 nitrogen and oxygen atoms in total. The fraction of sp³-hybridized carbons (Fsp3) is 0.400. The molecule has 2 amide bonds. The Morgan fingerprint density at radius 1 is 1.15 bits per heavy atom. The third-order valence-electron chi connectivity index (χ3n) is 3.10. The molecule has 1 aromatic rings. The largest absolute Gasteiger partial charge is 0.342 e. The summed E-state index contributed by atoms with van der Waals surface area (Å²) >= 11 is 0. The minimum atomic E-state index is -0.199. The van der Waals surface area contributed by atoms with E-state index in [2.05, 4.69) is 0 Å². The van der Waals surface area contributed by atoms with E-state index in [0.29, 0.717) is 24.3 Å². The summed E-state index contributed by atoms with van der Waals surface area (Å²) in [7, 11) is 0.